The van der Waals surface area contributed by atoms with Crippen molar-refractivity contribution in [3.63, 3.8) is 0 Å². The minimum Gasteiger partial charge on any atom is -0.322 e. The number of carbonyl (C=O) groups excluding carboxylic acids is 2. The predicted octanol–water partition coefficient (Wildman–Crippen LogP) is 3.92. The monoisotopic (exact) mass is 345 g/mol. The third-order valence-corrected chi connectivity index (χ3v) is 4.09. The van der Waals surface area contributed by atoms with E-state index in [0.29, 0.717) is 11.1 Å². The lowest BCUT2D eigenvalue weighted by Crippen LogP contribution is -2.26. The Morgan fingerprint density at radius 2 is 1.58 bits per heavy atom. The average Bonchev–Trinajstić information content (AvgIpc) is 2.69. The van der Waals surface area contributed by atoms with Gasteiger partial charge in [-0.05, 0) is 36.8 Å². The highest BCUT2D eigenvalue weighted by Gasteiger charge is 2.16. The summed E-state index contributed by atoms with van der Waals surface area (Å²) in [6.45, 7) is 1.92. The number of aromatic nitrogens is 1. The molecule has 0 saturated heterocycles. The van der Waals surface area contributed by atoms with Crippen LogP contribution in [0.1, 0.15) is 26.3 Å². The van der Waals surface area contributed by atoms with Crippen molar-refractivity contribution in [2.24, 2.45) is 0 Å². The molecule has 0 aliphatic rings. The van der Waals surface area contributed by atoms with Crippen molar-refractivity contribution in [2.45, 2.75) is 6.92 Å². The smallest absolute Gasteiger partial charge is 0.259 e. The molecular weight excluding hydrogens is 326 g/mol. The van der Waals surface area contributed by atoms with Gasteiger partial charge >= 0.3 is 0 Å². The topological polar surface area (TPSA) is 62.3 Å². The van der Waals surface area contributed by atoms with Crippen LogP contribution in [0.25, 0.3) is 0 Å². The van der Waals surface area contributed by atoms with Gasteiger partial charge in [-0.25, -0.2) is 0 Å². The molecule has 0 unspecified atom stereocenters. The van der Waals surface area contributed by atoms with Crippen LogP contribution in [0.15, 0.2) is 73.1 Å². The highest BCUT2D eigenvalue weighted by molar-refractivity contribution is 6.09. The van der Waals surface area contributed by atoms with E-state index in [2.05, 4.69) is 10.3 Å². The first kappa shape index (κ1) is 17.4. The summed E-state index contributed by atoms with van der Waals surface area (Å²) < 4.78 is 0. The highest BCUT2D eigenvalue weighted by Crippen LogP contribution is 2.17. The number of para-hydroxylation sites is 2. The molecule has 0 aliphatic heterocycles. The van der Waals surface area contributed by atoms with E-state index in [1.165, 1.54) is 17.3 Å². The van der Waals surface area contributed by atoms with Crippen molar-refractivity contribution in [3.05, 3.63) is 89.7 Å². The number of nitrogens with one attached hydrogen (secondary N) is 1. The van der Waals surface area contributed by atoms with Crippen LogP contribution in [0.3, 0.4) is 0 Å². The molecule has 26 heavy (non-hydrogen) atoms. The third kappa shape index (κ3) is 3.78. The average molecular weight is 345 g/mol. The molecule has 1 aromatic heterocycles. The molecule has 0 saturated carbocycles. The third-order valence-electron chi connectivity index (χ3n) is 4.09. The second-order valence-corrected chi connectivity index (χ2v) is 5.93. The summed E-state index contributed by atoms with van der Waals surface area (Å²) in [5.74, 6) is -0.530. The second-order valence-electron chi connectivity index (χ2n) is 5.93. The van der Waals surface area contributed by atoms with Crippen molar-refractivity contribution < 1.29 is 9.59 Å². The number of benzene rings is 2. The minimum absolute atomic E-state index is 0.228. The van der Waals surface area contributed by atoms with Gasteiger partial charge in [-0.1, -0.05) is 36.4 Å². The van der Waals surface area contributed by atoms with E-state index >= 15 is 0 Å². The summed E-state index contributed by atoms with van der Waals surface area (Å²) in [5, 5.41) is 2.85. The van der Waals surface area contributed by atoms with E-state index in [-0.39, 0.29) is 11.8 Å². The van der Waals surface area contributed by atoms with E-state index in [4.69, 9.17) is 0 Å². The van der Waals surface area contributed by atoms with E-state index in [0.717, 1.165) is 16.9 Å². The van der Waals surface area contributed by atoms with Gasteiger partial charge in [0.1, 0.15) is 0 Å². The van der Waals surface area contributed by atoms with Gasteiger partial charge in [-0.2, -0.15) is 0 Å². The molecule has 1 heterocycles. The number of rotatable bonds is 4. The maximum atomic E-state index is 12.7. The maximum absolute atomic E-state index is 12.7. The van der Waals surface area contributed by atoms with Crippen LogP contribution in [-0.4, -0.2) is 23.8 Å². The number of hydrogen-bond donors (Lipinski definition) is 1. The molecule has 1 N–H and O–H groups in total. The Hall–Kier alpha value is -3.47. The summed E-state index contributed by atoms with van der Waals surface area (Å²) in [7, 11) is 1.69. The number of amides is 2. The van der Waals surface area contributed by atoms with E-state index in [9.17, 15) is 9.59 Å². The Morgan fingerprint density at radius 1 is 0.923 bits per heavy atom. The molecule has 0 radical (unpaired) electrons. The summed E-state index contributed by atoms with van der Waals surface area (Å²) in [6, 6.07) is 18.4. The first-order valence-electron chi connectivity index (χ1n) is 8.21. The highest BCUT2D eigenvalue weighted by atomic mass is 16.2. The van der Waals surface area contributed by atoms with Crippen LogP contribution in [0.5, 0.6) is 0 Å². The number of hydrogen-bond acceptors (Lipinski definition) is 3. The number of nitrogens with zero attached hydrogens (tertiary/aromatic N) is 2. The number of aryl methyl sites for hydroxylation is 1. The lowest BCUT2D eigenvalue weighted by molar-refractivity contribution is 0.0992. The standard InChI is InChI=1S/C21H19N3O2/c1-15-8-6-7-11-19(15)23-20(25)16-12-17(14-22-13-16)21(26)24(2)18-9-4-3-5-10-18/h3-14H,1-2H3,(H,23,25). The van der Waals surface area contributed by atoms with E-state index in [1.807, 2.05) is 61.5 Å². The van der Waals surface area contributed by atoms with Gasteiger partial charge < -0.3 is 10.2 Å². The molecule has 0 fully saturated rings. The first-order chi connectivity index (χ1) is 12.6. The second kappa shape index (κ2) is 7.61. The Bertz CT molecular complexity index is 939. The van der Waals surface area contributed by atoms with Crippen LogP contribution >= 0.6 is 0 Å². The molecule has 130 valence electrons. The summed E-state index contributed by atoms with van der Waals surface area (Å²) in [4.78, 5) is 30.8. The van der Waals surface area contributed by atoms with Crippen LogP contribution in [0, 0.1) is 6.92 Å². The molecule has 5 nitrogen and oxygen atoms in total. The van der Waals surface area contributed by atoms with Gasteiger partial charge in [0, 0.05) is 30.8 Å². The van der Waals surface area contributed by atoms with Crippen molar-refractivity contribution in [2.75, 3.05) is 17.3 Å². The minimum atomic E-state index is -0.302. The number of pyridine rings is 1. The summed E-state index contributed by atoms with van der Waals surface area (Å²) >= 11 is 0. The fourth-order valence-electron chi connectivity index (χ4n) is 2.55. The fourth-order valence-corrected chi connectivity index (χ4v) is 2.55. The fraction of sp³-hybridized carbons (Fsp3) is 0.0952. The van der Waals surface area contributed by atoms with Gasteiger partial charge in [0.15, 0.2) is 0 Å². The van der Waals surface area contributed by atoms with Gasteiger partial charge in [0.2, 0.25) is 0 Å². The van der Waals surface area contributed by atoms with Gasteiger partial charge in [0.05, 0.1) is 11.1 Å². The summed E-state index contributed by atoms with van der Waals surface area (Å²) in [5.41, 5.74) is 3.15. The van der Waals surface area contributed by atoms with Crippen LogP contribution in [-0.2, 0) is 0 Å². The van der Waals surface area contributed by atoms with Crippen molar-refractivity contribution in [1.82, 2.24) is 4.98 Å². The molecular formula is C21H19N3O2. The van der Waals surface area contributed by atoms with Crippen LogP contribution in [0.2, 0.25) is 0 Å². The Kier molecular flexibility index (Phi) is 5.08. The van der Waals surface area contributed by atoms with Crippen molar-refractivity contribution in [3.8, 4) is 0 Å². The lowest BCUT2D eigenvalue weighted by atomic mass is 10.1. The van der Waals surface area contributed by atoms with Crippen molar-refractivity contribution in [1.29, 1.82) is 0 Å². The SMILES string of the molecule is Cc1ccccc1NC(=O)c1cncc(C(=O)N(C)c2ccccc2)c1. The first-order valence-corrected chi connectivity index (χ1v) is 8.21. The Morgan fingerprint density at radius 3 is 2.31 bits per heavy atom. The van der Waals surface area contributed by atoms with Gasteiger partial charge in [-0.15, -0.1) is 0 Å². The van der Waals surface area contributed by atoms with E-state index in [1.54, 1.807) is 13.1 Å². The zero-order chi connectivity index (χ0) is 18.5. The molecule has 0 aliphatic carbocycles. The summed E-state index contributed by atoms with van der Waals surface area (Å²) in [6.07, 6.45) is 2.92. The van der Waals surface area contributed by atoms with Crippen LogP contribution in [0.4, 0.5) is 11.4 Å². The quantitative estimate of drug-likeness (QED) is 0.779. The maximum Gasteiger partial charge on any atom is 0.259 e. The molecule has 2 amide bonds. The zero-order valence-electron chi connectivity index (χ0n) is 14.6. The molecule has 2 aromatic carbocycles. The molecule has 5 heteroatoms. The molecule has 3 aromatic rings. The predicted molar refractivity (Wildman–Crippen MR) is 103 cm³/mol. The lowest BCUT2D eigenvalue weighted by Gasteiger charge is -2.17. The largest absolute Gasteiger partial charge is 0.322 e. The zero-order valence-corrected chi connectivity index (χ0v) is 14.6. The number of anilines is 2. The Labute approximate surface area is 152 Å². The molecule has 3 rings (SSSR count). The molecule has 0 bridgehead atoms. The molecule has 0 spiro atoms. The van der Waals surface area contributed by atoms with Gasteiger partial charge in [0.25, 0.3) is 11.8 Å². The van der Waals surface area contributed by atoms with Crippen molar-refractivity contribution >= 4 is 23.2 Å². The normalized spacial score (nSPS) is 10.2. The van der Waals surface area contributed by atoms with E-state index < -0.39 is 0 Å². The van der Waals surface area contributed by atoms with Crippen LogP contribution < -0.4 is 10.2 Å². The Balaban J connectivity index is 1.80. The molecule has 0 atom stereocenters. The van der Waals surface area contributed by atoms with Gasteiger partial charge in [-0.3, -0.25) is 14.6 Å². The number of carbonyl (C=O) groups is 2.